The number of hydrogen-bond acceptors (Lipinski definition) is 5. The molecule has 0 aromatic carbocycles. The quantitative estimate of drug-likeness (QED) is 0.284. The Morgan fingerprint density at radius 3 is 2.50 bits per heavy atom. The monoisotopic (exact) mass is 258 g/mol. The van der Waals surface area contributed by atoms with Crippen LogP contribution in [0.3, 0.4) is 0 Å². The van der Waals surface area contributed by atoms with Crippen molar-refractivity contribution in [2.24, 2.45) is 0 Å². The van der Waals surface area contributed by atoms with E-state index in [2.05, 4.69) is 0 Å². The third-order valence-corrected chi connectivity index (χ3v) is 3.57. The molecule has 2 rings (SSSR count). The van der Waals surface area contributed by atoms with Crippen molar-refractivity contribution in [3.8, 4) is 0 Å². The van der Waals surface area contributed by atoms with Gasteiger partial charge in [-0.25, -0.2) is 4.31 Å². The molecule has 0 aliphatic carbocycles. The Labute approximate surface area is 113 Å². The molecule has 0 unspecified atom stereocenters. The van der Waals surface area contributed by atoms with Crippen LogP contribution < -0.4 is 34.7 Å². The van der Waals surface area contributed by atoms with Gasteiger partial charge in [-0.2, -0.15) is 8.42 Å². The van der Waals surface area contributed by atoms with E-state index in [1.807, 2.05) is 0 Å². The Balaban J connectivity index is 0.00000128. The van der Waals surface area contributed by atoms with Crippen LogP contribution in [0.25, 0.3) is 0 Å². The van der Waals surface area contributed by atoms with Crippen LogP contribution in [0.5, 0.6) is 0 Å². The van der Waals surface area contributed by atoms with Crippen LogP contribution >= 0.6 is 0 Å². The van der Waals surface area contributed by atoms with Crippen LogP contribution in [0.4, 0.5) is 4.79 Å². The molecule has 0 aromatic rings. The molecule has 0 radical (unpaired) electrons. The van der Waals surface area contributed by atoms with E-state index in [9.17, 15) is 23.1 Å². The van der Waals surface area contributed by atoms with E-state index in [1.165, 1.54) is 0 Å². The summed E-state index contributed by atoms with van der Waals surface area (Å²) in [7, 11) is -4.57. The van der Waals surface area contributed by atoms with Gasteiger partial charge in [0, 0.05) is 6.54 Å². The van der Waals surface area contributed by atoms with Crippen LogP contribution in [0, 0.1) is 0 Å². The Bertz CT molecular complexity index is 436. The van der Waals surface area contributed by atoms with Crippen molar-refractivity contribution < 1.29 is 57.2 Å². The zero-order chi connectivity index (χ0) is 11.4. The summed E-state index contributed by atoms with van der Waals surface area (Å²) in [5.41, 5.74) is 0. The predicted molar refractivity (Wildman–Crippen MR) is 42.7 cm³/mol. The van der Waals surface area contributed by atoms with Gasteiger partial charge in [0.05, 0.1) is 6.04 Å². The molecule has 16 heavy (non-hydrogen) atoms. The Hall–Kier alpha value is -0.350. The van der Waals surface area contributed by atoms with E-state index < -0.39 is 34.4 Å². The van der Waals surface area contributed by atoms with E-state index in [-0.39, 0.29) is 42.5 Å². The molecule has 2 amide bonds. The second kappa shape index (κ2) is 4.15. The minimum absolute atomic E-state index is 0. The van der Waals surface area contributed by atoms with Crippen molar-refractivity contribution in [3.63, 3.8) is 0 Å². The predicted octanol–water partition coefficient (Wildman–Crippen LogP) is -5.58. The number of carboxylic acid groups (broad SMARTS) is 1. The molecule has 2 saturated heterocycles. The van der Waals surface area contributed by atoms with Gasteiger partial charge < -0.3 is 14.8 Å². The summed E-state index contributed by atoms with van der Waals surface area (Å²) in [5, 5.41) is 10.5. The Morgan fingerprint density at radius 1 is 1.50 bits per heavy atom. The molecular formula is C6H7N2NaO6S. The van der Waals surface area contributed by atoms with E-state index in [1.54, 1.807) is 0 Å². The number of β-lactam (4-membered cyclic amide) rings is 1. The van der Waals surface area contributed by atoms with Crippen LogP contribution in [-0.4, -0.2) is 52.8 Å². The largest absolute Gasteiger partial charge is 1.00 e. The average molecular weight is 258 g/mol. The third-order valence-electron chi connectivity index (χ3n) is 2.62. The third kappa shape index (κ3) is 1.82. The number of rotatable bonds is 1. The van der Waals surface area contributed by atoms with Crippen molar-refractivity contribution in [2.45, 2.75) is 18.5 Å². The molecule has 1 N–H and O–H groups in total. The molecule has 2 atom stereocenters. The normalized spacial score (nSPS) is 28.2. The number of fused-ring (bicyclic) bond motifs is 1. The van der Waals surface area contributed by atoms with Gasteiger partial charge in [0.25, 0.3) is 5.91 Å². The van der Waals surface area contributed by atoms with Gasteiger partial charge in [0.2, 0.25) is 0 Å². The SMILES string of the molecule is O=C([O-])N1CC[C@@H]2[C@H]1C(=O)N2S(=O)(=O)O.[Na+]. The van der Waals surface area contributed by atoms with Crippen LogP contribution in [-0.2, 0) is 15.1 Å². The molecule has 8 nitrogen and oxygen atoms in total. The van der Waals surface area contributed by atoms with Crippen LogP contribution in [0.2, 0.25) is 0 Å². The van der Waals surface area contributed by atoms with Gasteiger partial charge in [-0.3, -0.25) is 9.35 Å². The fourth-order valence-electron chi connectivity index (χ4n) is 2.02. The number of carbonyl (C=O) groups excluding carboxylic acids is 2. The first-order valence-electron chi connectivity index (χ1n) is 4.12. The number of carbonyl (C=O) groups is 2. The van der Waals surface area contributed by atoms with E-state index >= 15 is 0 Å². The standard InChI is InChI=1S/C6H8N2O6S.Na/c9-5-4-3(8(5)15(12,13)14)1-2-7(4)6(10)11;/h3-4H,1-2H2,(H,10,11)(H,12,13,14);/q;+1/p-1/t3-,4+;/m1./s1. The molecule has 0 saturated carbocycles. The molecular weight excluding hydrogens is 251 g/mol. The molecule has 2 aliphatic heterocycles. The zero-order valence-electron chi connectivity index (χ0n) is 8.36. The topological polar surface area (TPSA) is 118 Å². The molecule has 2 fully saturated rings. The molecule has 10 heteroatoms. The fraction of sp³-hybridized carbons (Fsp3) is 0.667. The van der Waals surface area contributed by atoms with E-state index in [0.717, 1.165) is 4.90 Å². The second-order valence-corrected chi connectivity index (χ2v) is 4.66. The van der Waals surface area contributed by atoms with Gasteiger partial charge in [-0.05, 0) is 6.42 Å². The molecule has 0 bridgehead atoms. The maximum atomic E-state index is 11.3. The molecule has 2 aliphatic rings. The van der Waals surface area contributed by atoms with Gasteiger partial charge in [0.15, 0.2) is 0 Å². The van der Waals surface area contributed by atoms with Crippen LogP contribution in [0.1, 0.15) is 6.42 Å². The summed E-state index contributed by atoms with van der Waals surface area (Å²) < 4.78 is 30.4. The second-order valence-electron chi connectivity index (χ2n) is 3.37. The van der Waals surface area contributed by atoms with Gasteiger partial charge in [-0.15, -0.1) is 0 Å². The van der Waals surface area contributed by atoms with Crippen LogP contribution in [0.15, 0.2) is 0 Å². The summed E-state index contributed by atoms with van der Waals surface area (Å²) in [6.45, 7) is 0.0371. The Morgan fingerprint density at radius 2 is 2.06 bits per heavy atom. The minimum Gasteiger partial charge on any atom is -0.530 e. The summed E-state index contributed by atoms with van der Waals surface area (Å²) in [6.07, 6.45) is -1.32. The molecule has 0 spiro atoms. The maximum Gasteiger partial charge on any atom is 1.00 e. The number of amides is 2. The Kier molecular flexibility index (Phi) is 3.56. The summed E-state index contributed by atoms with van der Waals surface area (Å²) in [5.74, 6) is -0.927. The number of nitrogens with zero attached hydrogens (tertiary/aromatic N) is 2. The first kappa shape index (κ1) is 13.7. The average Bonchev–Trinajstić information content (AvgIpc) is 2.40. The van der Waals surface area contributed by atoms with Gasteiger partial charge >= 0.3 is 39.9 Å². The fourth-order valence-corrected chi connectivity index (χ4v) is 2.92. The summed E-state index contributed by atoms with van der Waals surface area (Å²) in [4.78, 5) is 22.6. The first-order chi connectivity index (χ1) is 6.84. The first-order valence-corrected chi connectivity index (χ1v) is 5.52. The van der Waals surface area contributed by atoms with Crippen molar-refractivity contribution in [1.29, 1.82) is 0 Å². The minimum atomic E-state index is -4.57. The number of hydrogen-bond donors (Lipinski definition) is 1. The summed E-state index contributed by atoms with van der Waals surface area (Å²) in [6, 6.07) is -1.80. The molecule has 84 valence electrons. The summed E-state index contributed by atoms with van der Waals surface area (Å²) >= 11 is 0. The van der Waals surface area contributed by atoms with Crippen molar-refractivity contribution >= 4 is 22.3 Å². The van der Waals surface area contributed by atoms with E-state index in [4.69, 9.17) is 4.55 Å². The van der Waals surface area contributed by atoms with E-state index in [0.29, 0.717) is 4.31 Å². The number of likely N-dealkylation sites (tertiary alicyclic amines) is 1. The van der Waals surface area contributed by atoms with Gasteiger partial charge in [-0.1, -0.05) is 0 Å². The zero-order valence-corrected chi connectivity index (χ0v) is 11.2. The molecule has 2 heterocycles. The van der Waals surface area contributed by atoms with Crippen molar-refractivity contribution in [3.05, 3.63) is 0 Å². The van der Waals surface area contributed by atoms with Crippen molar-refractivity contribution in [2.75, 3.05) is 6.54 Å². The maximum absolute atomic E-state index is 11.3. The van der Waals surface area contributed by atoms with Gasteiger partial charge in [0.1, 0.15) is 12.1 Å². The van der Waals surface area contributed by atoms with Crippen molar-refractivity contribution in [1.82, 2.24) is 9.21 Å². The molecule has 0 aromatic heterocycles. The smallest absolute Gasteiger partial charge is 0.530 e.